The molecular weight excluding hydrogens is 238 g/mol. The van der Waals surface area contributed by atoms with Crippen molar-refractivity contribution in [1.82, 2.24) is 24.6 Å². The van der Waals surface area contributed by atoms with Gasteiger partial charge >= 0.3 is 0 Å². The fourth-order valence-corrected chi connectivity index (χ4v) is 3.03. The normalized spacial score (nSPS) is 23.5. The fraction of sp³-hybridized carbons (Fsp3) is 0.571. The Morgan fingerprint density at radius 3 is 3.00 bits per heavy atom. The molecule has 3 heterocycles. The number of fused-ring (bicyclic) bond motifs is 1. The molecule has 1 aliphatic carbocycles. The largest absolute Gasteiger partial charge is 0.315 e. The molecule has 1 saturated heterocycles. The van der Waals surface area contributed by atoms with Crippen LogP contribution < -0.4 is 5.32 Å². The lowest BCUT2D eigenvalue weighted by atomic mass is 10.2. The van der Waals surface area contributed by atoms with Crippen molar-refractivity contribution in [3.05, 3.63) is 30.4 Å². The van der Waals surface area contributed by atoms with E-state index in [1.54, 1.807) is 6.20 Å². The monoisotopic (exact) mass is 257 g/mol. The van der Waals surface area contributed by atoms with Crippen LogP contribution >= 0.6 is 0 Å². The van der Waals surface area contributed by atoms with Crippen molar-refractivity contribution in [2.45, 2.75) is 37.9 Å². The van der Waals surface area contributed by atoms with Crippen molar-refractivity contribution in [2.75, 3.05) is 13.1 Å². The zero-order valence-electron chi connectivity index (χ0n) is 11.0. The van der Waals surface area contributed by atoms with E-state index in [0.29, 0.717) is 6.04 Å². The second kappa shape index (κ2) is 4.58. The van der Waals surface area contributed by atoms with E-state index in [2.05, 4.69) is 26.4 Å². The third-order valence-electron chi connectivity index (χ3n) is 4.15. The van der Waals surface area contributed by atoms with E-state index >= 15 is 0 Å². The summed E-state index contributed by atoms with van der Waals surface area (Å²) in [5.74, 6) is 0.804. The zero-order valence-corrected chi connectivity index (χ0v) is 11.0. The van der Waals surface area contributed by atoms with Crippen LogP contribution in [-0.2, 0) is 6.54 Å². The Morgan fingerprint density at radius 2 is 2.26 bits per heavy atom. The molecule has 100 valence electrons. The average Bonchev–Trinajstić information content (AvgIpc) is 2.98. The van der Waals surface area contributed by atoms with Gasteiger partial charge in [-0.15, -0.1) is 0 Å². The quantitative estimate of drug-likeness (QED) is 0.889. The third-order valence-corrected chi connectivity index (χ3v) is 4.15. The summed E-state index contributed by atoms with van der Waals surface area (Å²) in [6.45, 7) is 3.24. The van der Waals surface area contributed by atoms with E-state index in [1.807, 2.05) is 16.7 Å². The Balaban J connectivity index is 1.57. The smallest absolute Gasteiger partial charge is 0.233 e. The van der Waals surface area contributed by atoms with Crippen molar-refractivity contribution < 1.29 is 0 Å². The van der Waals surface area contributed by atoms with E-state index < -0.39 is 0 Å². The first-order valence-electron chi connectivity index (χ1n) is 7.15. The Bertz CT molecular complexity index is 535. The molecule has 1 aliphatic heterocycles. The van der Waals surface area contributed by atoms with Crippen LogP contribution in [0.25, 0.3) is 5.78 Å². The number of aromatic nitrogens is 3. The highest BCUT2D eigenvalue weighted by atomic mass is 15.2. The molecule has 2 fully saturated rings. The number of rotatable bonds is 4. The van der Waals surface area contributed by atoms with Crippen LogP contribution in [0.2, 0.25) is 0 Å². The van der Waals surface area contributed by atoms with Gasteiger partial charge in [0.25, 0.3) is 0 Å². The summed E-state index contributed by atoms with van der Waals surface area (Å²) >= 11 is 0. The number of nitrogens with zero attached hydrogens (tertiary/aromatic N) is 4. The van der Waals surface area contributed by atoms with Crippen molar-refractivity contribution in [3.8, 4) is 0 Å². The van der Waals surface area contributed by atoms with Crippen LogP contribution in [-0.4, -0.2) is 44.4 Å². The molecule has 0 bridgehead atoms. The Hall–Kier alpha value is -1.46. The number of nitrogens with one attached hydrogen (secondary N) is 1. The van der Waals surface area contributed by atoms with Crippen LogP contribution in [0.5, 0.6) is 0 Å². The summed E-state index contributed by atoms with van der Waals surface area (Å²) in [5, 5.41) is 3.47. The van der Waals surface area contributed by atoms with Crippen molar-refractivity contribution >= 4 is 5.78 Å². The second-order valence-corrected chi connectivity index (χ2v) is 5.61. The van der Waals surface area contributed by atoms with Crippen molar-refractivity contribution in [3.63, 3.8) is 0 Å². The van der Waals surface area contributed by atoms with Gasteiger partial charge in [-0.05, 0) is 31.9 Å². The molecule has 0 amide bonds. The second-order valence-electron chi connectivity index (χ2n) is 5.61. The van der Waals surface area contributed by atoms with E-state index in [1.165, 1.54) is 19.3 Å². The van der Waals surface area contributed by atoms with Gasteiger partial charge in [-0.1, -0.05) is 0 Å². The summed E-state index contributed by atoms with van der Waals surface area (Å²) in [7, 11) is 0. The molecule has 1 saturated carbocycles. The number of hydrogen-bond acceptors (Lipinski definition) is 4. The fourth-order valence-electron chi connectivity index (χ4n) is 3.03. The summed E-state index contributed by atoms with van der Waals surface area (Å²) in [4.78, 5) is 11.6. The molecule has 0 radical (unpaired) electrons. The van der Waals surface area contributed by atoms with Crippen LogP contribution in [0.4, 0.5) is 0 Å². The van der Waals surface area contributed by atoms with Gasteiger partial charge in [0.2, 0.25) is 5.78 Å². The van der Waals surface area contributed by atoms with E-state index in [9.17, 15) is 0 Å². The molecule has 19 heavy (non-hydrogen) atoms. The zero-order chi connectivity index (χ0) is 12.7. The van der Waals surface area contributed by atoms with Gasteiger partial charge in [-0.25, -0.2) is 9.97 Å². The van der Waals surface area contributed by atoms with Gasteiger partial charge in [0, 0.05) is 43.8 Å². The first kappa shape index (κ1) is 11.4. The summed E-state index contributed by atoms with van der Waals surface area (Å²) < 4.78 is 2.01. The van der Waals surface area contributed by atoms with Crippen LogP contribution in [0.3, 0.4) is 0 Å². The Labute approximate surface area is 112 Å². The lowest BCUT2D eigenvalue weighted by Crippen LogP contribution is -2.38. The summed E-state index contributed by atoms with van der Waals surface area (Å²) in [6, 6.07) is 3.41. The predicted octanol–water partition coefficient (Wildman–Crippen LogP) is 1.06. The average molecular weight is 257 g/mol. The van der Waals surface area contributed by atoms with Crippen LogP contribution in [0.1, 0.15) is 25.0 Å². The first-order valence-corrected chi connectivity index (χ1v) is 7.15. The maximum absolute atomic E-state index is 4.62. The minimum atomic E-state index is 0.685. The summed E-state index contributed by atoms with van der Waals surface area (Å²) in [6.07, 6.45) is 9.88. The van der Waals surface area contributed by atoms with E-state index in [0.717, 1.165) is 37.1 Å². The molecule has 2 aliphatic rings. The van der Waals surface area contributed by atoms with Gasteiger partial charge in [-0.3, -0.25) is 9.30 Å². The molecule has 1 atom stereocenters. The van der Waals surface area contributed by atoms with Crippen LogP contribution in [0, 0.1) is 0 Å². The lowest BCUT2D eigenvalue weighted by Gasteiger charge is -2.27. The molecule has 1 N–H and O–H groups in total. The van der Waals surface area contributed by atoms with Gasteiger partial charge in [-0.2, -0.15) is 0 Å². The van der Waals surface area contributed by atoms with Gasteiger partial charge in [0.1, 0.15) is 0 Å². The molecule has 1 unspecified atom stereocenters. The molecule has 0 spiro atoms. The van der Waals surface area contributed by atoms with Gasteiger partial charge < -0.3 is 5.32 Å². The Kier molecular flexibility index (Phi) is 2.74. The van der Waals surface area contributed by atoms with Crippen LogP contribution in [0.15, 0.2) is 24.7 Å². The predicted molar refractivity (Wildman–Crippen MR) is 72.8 cm³/mol. The van der Waals surface area contributed by atoms with Gasteiger partial charge in [0.05, 0.1) is 5.69 Å². The molecule has 5 heteroatoms. The first-order chi connectivity index (χ1) is 9.40. The van der Waals surface area contributed by atoms with Crippen molar-refractivity contribution in [1.29, 1.82) is 0 Å². The minimum absolute atomic E-state index is 0.685. The molecular formula is C14H19N5. The molecule has 2 aromatic rings. The molecule has 2 aromatic heterocycles. The van der Waals surface area contributed by atoms with E-state index in [4.69, 9.17) is 0 Å². The highest BCUT2D eigenvalue weighted by Crippen LogP contribution is 2.31. The lowest BCUT2D eigenvalue weighted by molar-refractivity contribution is 0.187. The molecule has 4 rings (SSSR count). The highest BCUT2D eigenvalue weighted by Gasteiger charge is 2.35. The number of hydrogen-bond donors (Lipinski definition) is 1. The maximum Gasteiger partial charge on any atom is 0.233 e. The highest BCUT2D eigenvalue weighted by molar-refractivity contribution is 5.29. The van der Waals surface area contributed by atoms with E-state index in [-0.39, 0.29) is 0 Å². The minimum Gasteiger partial charge on any atom is -0.315 e. The topological polar surface area (TPSA) is 45.5 Å². The summed E-state index contributed by atoms with van der Waals surface area (Å²) in [5.41, 5.74) is 1.14. The molecule has 0 aromatic carbocycles. The molecule has 5 nitrogen and oxygen atoms in total. The van der Waals surface area contributed by atoms with Crippen molar-refractivity contribution in [2.24, 2.45) is 0 Å². The standard InChI is InChI=1S/C14H19N5/c1-5-16-14-17-11(9-18(14)7-1)10-19(12-2-3-12)13-4-6-15-8-13/h1,5,7,9,12-13,15H,2-4,6,8,10H2. The third kappa shape index (κ3) is 2.24. The maximum atomic E-state index is 4.62. The number of imidazole rings is 1. The Morgan fingerprint density at radius 1 is 1.32 bits per heavy atom. The van der Waals surface area contributed by atoms with Gasteiger partial charge in [0.15, 0.2) is 0 Å². The SMILES string of the molecule is c1cnc2nc(CN(C3CC3)C3CCNC3)cn2c1.